The number of para-hydroxylation sites is 1. The standard InChI is InChI=1S/C11H6N2O/c12-6-9-3-1-2-8-4-5-10(7-13)14-11(8)9/h1-5,10H. The van der Waals surface area contributed by atoms with Crippen molar-refractivity contribution in [1.82, 2.24) is 0 Å². The highest BCUT2D eigenvalue weighted by Crippen LogP contribution is 2.29. The van der Waals surface area contributed by atoms with Gasteiger partial charge in [0.15, 0.2) is 0 Å². The predicted octanol–water partition coefficient (Wildman–Crippen LogP) is 1.86. The topological polar surface area (TPSA) is 56.8 Å². The molecule has 0 amide bonds. The summed E-state index contributed by atoms with van der Waals surface area (Å²) in [6.45, 7) is 0. The van der Waals surface area contributed by atoms with Crippen molar-refractivity contribution in [2.24, 2.45) is 0 Å². The summed E-state index contributed by atoms with van der Waals surface area (Å²) < 4.78 is 5.33. The minimum atomic E-state index is -0.586. The average Bonchev–Trinajstić information content (AvgIpc) is 2.27. The van der Waals surface area contributed by atoms with E-state index in [9.17, 15) is 0 Å². The van der Waals surface area contributed by atoms with Gasteiger partial charge < -0.3 is 4.74 Å². The van der Waals surface area contributed by atoms with Crippen LogP contribution in [-0.2, 0) is 0 Å². The Kier molecular flexibility index (Phi) is 1.93. The van der Waals surface area contributed by atoms with E-state index in [1.165, 1.54) is 0 Å². The maximum Gasteiger partial charge on any atom is 0.203 e. The molecule has 0 aliphatic carbocycles. The lowest BCUT2D eigenvalue weighted by atomic mass is 10.1. The van der Waals surface area contributed by atoms with Gasteiger partial charge >= 0.3 is 0 Å². The van der Waals surface area contributed by atoms with Crippen LogP contribution in [0.1, 0.15) is 11.1 Å². The van der Waals surface area contributed by atoms with Crippen molar-refractivity contribution < 1.29 is 4.74 Å². The molecule has 0 saturated carbocycles. The first-order valence-corrected chi connectivity index (χ1v) is 4.13. The molecular weight excluding hydrogens is 176 g/mol. The van der Waals surface area contributed by atoms with E-state index in [0.29, 0.717) is 11.3 Å². The average molecular weight is 182 g/mol. The van der Waals surface area contributed by atoms with Gasteiger partial charge in [0.25, 0.3) is 0 Å². The molecular formula is C11H6N2O. The molecule has 66 valence electrons. The number of nitrogens with zero attached hydrogens (tertiary/aromatic N) is 2. The van der Waals surface area contributed by atoms with Crippen molar-refractivity contribution in [3.05, 3.63) is 35.4 Å². The Morgan fingerprint density at radius 3 is 2.86 bits per heavy atom. The summed E-state index contributed by atoms with van der Waals surface area (Å²) in [5.41, 5.74) is 1.31. The molecule has 0 spiro atoms. The number of benzene rings is 1. The number of hydrogen-bond acceptors (Lipinski definition) is 3. The lowest BCUT2D eigenvalue weighted by Crippen LogP contribution is -2.15. The van der Waals surface area contributed by atoms with E-state index in [-0.39, 0.29) is 0 Å². The van der Waals surface area contributed by atoms with Crippen LogP contribution in [0, 0.1) is 22.7 Å². The second-order valence-electron chi connectivity index (χ2n) is 2.86. The van der Waals surface area contributed by atoms with Crippen LogP contribution in [0.2, 0.25) is 0 Å². The first-order chi connectivity index (χ1) is 6.85. The van der Waals surface area contributed by atoms with Crippen molar-refractivity contribution >= 4 is 6.08 Å². The van der Waals surface area contributed by atoms with Crippen molar-refractivity contribution in [2.45, 2.75) is 6.10 Å². The molecule has 1 aromatic carbocycles. The fraction of sp³-hybridized carbons (Fsp3) is 0.0909. The molecule has 0 N–H and O–H groups in total. The molecule has 1 aliphatic heterocycles. The van der Waals surface area contributed by atoms with Gasteiger partial charge in [0, 0.05) is 5.56 Å². The molecule has 1 atom stereocenters. The summed E-state index contributed by atoms with van der Waals surface area (Å²) >= 11 is 0. The normalized spacial score (nSPS) is 17.4. The molecule has 0 bridgehead atoms. The molecule has 0 fully saturated rings. The Balaban J connectivity index is 2.53. The van der Waals surface area contributed by atoms with Crippen LogP contribution in [0.15, 0.2) is 24.3 Å². The van der Waals surface area contributed by atoms with Crippen LogP contribution in [0.5, 0.6) is 5.75 Å². The number of fused-ring (bicyclic) bond motifs is 1. The van der Waals surface area contributed by atoms with Crippen molar-refractivity contribution in [3.63, 3.8) is 0 Å². The monoisotopic (exact) mass is 182 g/mol. The number of hydrogen-bond donors (Lipinski definition) is 0. The SMILES string of the molecule is N#Cc1cccc2c1OC(C#N)C=C2. The zero-order valence-electron chi connectivity index (χ0n) is 7.27. The molecule has 3 heteroatoms. The molecule has 0 radical (unpaired) electrons. The van der Waals surface area contributed by atoms with Crippen LogP contribution in [-0.4, -0.2) is 6.10 Å². The van der Waals surface area contributed by atoms with Crippen LogP contribution >= 0.6 is 0 Å². The van der Waals surface area contributed by atoms with Gasteiger partial charge in [-0.3, -0.25) is 0 Å². The summed E-state index contributed by atoms with van der Waals surface area (Å²) in [5, 5.41) is 17.5. The minimum absolute atomic E-state index is 0.465. The molecule has 1 unspecified atom stereocenters. The van der Waals surface area contributed by atoms with Gasteiger partial charge in [0.05, 0.1) is 5.56 Å². The van der Waals surface area contributed by atoms with Gasteiger partial charge in [-0.25, -0.2) is 0 Å². The third-order valence-electron chi connectivity index (χ3n) is 1.99. The van der Waals surface area contributed by atoms with Gasteiger partial charge in [-0.2, -0.15) is 10.5 Å². The van der Waals surface area contributed by atoms with Crippen molar-refractivity contribution in [2.75, 3.05) is 0 Å². The molecule has 2 rings (SSSR count). The van der Waals surface area contributed by atoms with Crippen LogP contribution < -0.4 is 4.74 Å². The summed E-state index contributed by atoms with van der Waals surface area (Å²) in [6, 6.07) is 9.32. The van der Waals surface area contributed by atoms with E-state index in [4.69, 9.17) is 15.3 Å². The zero-order valence-corrected chi connectivity index (χ0v) is 7.27. The van der Waals surface area contributed by atoms with Gasteiger partial charge in [-0.05, 0) is 12.1 Å². The summed E-state index contributed by atoms with van der Waals surface area (Å²) in [6.07, 6.45) is 2.88. The maximum absolute atomic E-state index is 8.82. The Bertz CT molecular complexity index is 477. The van der Waals surface area contributed by atoms with E-state index in [1.54, 1.807) is 24.3 Å². The highest BCUT2D eigenvalue weighted by molar-refractivity contribution is 5.65. The number of rotatable bonds is 0. The highest BCUT2D eigenvalue weighted by atomic mass is 16.5. The third-order valence-corrected chi connectivity index (χ3v) is 1.99. The molecule has 1 aliphatic rings. The zero-order chi connectivity index (χ0) is 9.97. The lowest BCUT2D eigenvalue weighted by molar-refractivity contribution is 0.298. The summed E-state index contributed by atoms with van der Waals surface area (Å²) in [7, 11) is 0. The smallest absolute Gasteiger partial charge is 0.203 e. The summed E-state index contributed by atoms with van der Waals surface area (Å²) in [5.74, 6) is 0.504. The molecule has 1 aromatic rings. The van der Waals surface area contributed by atoms with E-state index in [0.717, 1.165) is 5.56 Å². The first kappa shape index (κ1) is 8.34. The van der Waals surface area contributed by atoms with E-state index >= 15 is 0 Å². The largest absolute Gasteiger partial charge is 0.469 e. The third kappa shape index (κ3) is 1.22. The Labute approximate surface area is 81.5 Å². The Hall–Kier alpha value is -2.26. The number of nitriles is 2. The van der Waals surface area contributed by atoms with Crippen molar-refractivity contribution in [3.8, 4) is 17.9 Å². The maximum atomic E-state index is 8.82. The Morgan fingerprint density at radius 2 is 2.14 bits per heavy atom. The fourth-order valence-corrected chi connectivity index (χ4v) is 1.33. The van der Waals surface area contributed by atoms with Crippen LogP contribution in [0.25, 0.3) is 6.08 Å². The molecule has 1 heterocycles. The van der Waals surface area contributed by atoms with E-state index in [2.05, 4.69) is 0 Å². The molecule has 14 heavy (non-hydrogen) atoms. The minimum Gasteiger partial charge on any atom is -0.469 e. The van der Waals surface area contributed by atoms with Gasteiger partial charge in [-0.15, -0.1) is 0 Å². The van der Waals surface area contributed by atoms with E-state index < -0.39 is 6.10 Å². The van der Waals surface area contributed by atoms with Crippen LogP contribution in [0.3, 0.4) is 0 Å². The number of ether oxygens (including phenoxy) is 1. The molecule has 0 saturated heterocycles. The highest BCUT2D eigenvalue weighted by Gasteiger charge is 2.16. The van der Waals surface area contributed by atoms with Crippen molar-refractivity contribution in [1.29, 1.82) is 10.5 Å². The van der Waals surface area contributed by atoms with E-state index in [1.807, 2.05) is 18.2 Å². The second kappa shape index (κ2) is 3.24. The predicted molar refractivity (Wildman–Crippen MR) is 50.2 cm³/mol. The molecule has 0 aromatic heterocycles. The Morgan fingerprint density at radius 1 is 1.29 bits per heavy atom. The van der Waals surface area contributed by atoms with Gasteiger partial charge in [-0.1, -0.05) is 18.2 Å². The van der Waals surface area contributed by atoms with Gasteiger partial charge in [0.1, 0.15) is 17.9 Å². The second-order valence-corrected chi connectivity index (χ2v) is 2.86. The van der Waals surface area contributed by atoms with Crippen LogP contribution in [0.4, 0.5) is 0 Å². The van der Waals surface area contributed by atoms with Gasteiger partial charge in [0.2, 0.25) is 6.10 Å². The quantitative estimate of drug-likeness (QED) is 0.615. The molecule has 3 nitrogen and oxygen atoms in total. The fourth-order valence-electron chi connectivity index (χ4n) is 1.33. The first-order valence-electron chi connectivity index (χ1n) is 4.13. The summed E-state index contributed by atoms with van der Waals surface area (Å²) in [4.78, 5) is 0. The lowest BCUT2D eigenvalue weighted by Gasteiger charge is -2.16.